The minimum atomic E-state index is 0.604. The van der Waals surface area contributed by atoms with Gasteiger partial charge in [0.2, 0.25) is 0 Å². The highest BCUT2D eigenvalue weighted by Crippen LogP contribution is 2.24. The molecule has 0 amide bonds. The van der Waals surface area contributed by atoms with Crippen LogP contribution in [-0.4, -0.2) is 38.1 Å². The van der Waals surface area contributed by atoms with Crippen molar-refractivity contribution in [2.45, 2.75) is 25.5 Å². The first-order valence-electron chi connectivity index (χ1n) is 10.4. The van der Waals surface area contributed by atoms with E-state index in [1.54, 1.807) is 0 Å². The maximum Gasteiger partial charge on any atom is 0.119 e. The van der Waals surface area contributed by atoms with E-state index >= 15 is 0 Å². The molecule has 150 valence electrons. The van der Waals surface area contributed by atoms with Gasteiger partial charge >= 0.3 is 0 Å². The highest BCUT2D eigenvalue weighted by molar-refractivity contribution is 5.49. The average Bonchev–Trinajstić information content (AvgIpc) is 3.25. The number of ether oxygens (including phenoxy) is 1. The Balaban J connectivity index is 1.31. The monoisotopic (exact) mass is 386 g/mol. The fourth-order valence-corrected chi connectivity index (χ4v) is 3.90. The van der Waals surface area contributed by atoms with Crippen LogP contribution in [0.4, 0.5) is 5.69 Å². The Morgan fingerprint density at radius 2 is 1.48 bits per heavy atom. The molecule has 0 saturated carbocycles. The van der Waals surface area contributed by atoms with Crippen LogP contribution in [0, 0.1) is 0 Å². The van der Waals surface area contributed by atoms with E-state index in [-0.39, 0.29) is 0 Å². The quantitative estimate of drug-likeness (QED) is 0.568. The Morgan fingerprint density at radius 1 is 0.828 bits per heavy atom. The van der Waals surface area contributed by atoms with Crippen molar-refractivity contribution in [1.29, 1.82) is 0 Å². The van der Waals surface area contributed by atoms with Gasteiger partial charge < -0.3 is 14.5 Å². The molecule has 3 heteroatoms. The fourth-order valence-electron chi connectivity index (χ4n) is 3.90. The molecular weight excluding hydrogens is 356 g/mol. The van der Waals surface area contributed by atoms with Crippen LogP contribution in [0.1, 0.15) is 23.1 Å². The van der Waals surface area contributed by atoms with E-state index in [4.69, 9.17) is 4.74 Å². The third-order valence-corrected chi connectivity index (χ3v) is 5.78. The van der Waals surface area contributed by atoms with Crippen molar-refractivity contribution in [3.63, 3.8) is 0 Å². The zero-order valence-corrected chi connectivity index (χ0v) is 17.4. The predicted octanol–water partition coefficient (Wildman–Crippen LogP) is 5.00. The first-order chi connectivity index (χ1) is 14.2. The Hall–Kier alpha value is -2.78. The van der Waals surface area contributed by atoms with E-state index in [1.807, 2.05) is 18.2 Å². The molecule has 1 atom stereocenters. The summed E-state index contributed by atoms with van der Waals surface area (Å²) >= 11 is 0. The first kappa shape index (κ1) is 19.5. The van der Waals surface area contributed by atoms with Gasteiger partial charge in [-0.05, 0) is 67.9 Å². The smallest absolute Gasteiger partial charge is 0.119 e. The van der Waals surface area contributed by atoms with Crippen LogP contribution in [0.15, 0.2) is 78.9 Å². The molecule has 0 aliphatic carbocycles. The summed E-state index contributed by atoms with van der Waals surface area (Å²) in [5.41, 5.74) is 5.17. The number of hydrogen-bond donors (Lipinski definition) is 0. The lowest BCUT2D eigenvalue weighted by molar-refractivity contribution is 0.306. The molecule has 0 spiro atoms. The molecule has 1 fully saturated rings. The van der Waals surface area contributed by atoms with Crippen molar-refractivity contribution in [3.05, 3.63) is 95.6 Å². The van der Waals surface area contributed by atoms with Gasteiger partial charge in [0.05, 0.1) is 0 Å². The molecule has 1 unspecified atom stereocenters. The van der Waals surface area contributed by atoms with Gasteiger partial charge in [0.25, 0.3) is 0 Å². The minimum Gasteiger partial charge on any atom is -0.489 e. The van der Waals surface area contributed by atoms with E-state index in [0.29, 0.717) is 12.6 Å². The molecule has 1 aliphatic rings. The average molecular weight is 387 g/mol. The van der Waals surface area contributed by atoms with Gasteiger partial charge in [-0.2, -0.15) is 0 Å². The van der Waals surface area contributed by atoms with E-state index in [1.165, 1.54) is 28.8 Å². The Morgan fingerprint density at radius 3 is 2.10 bits per heavy atom. The summed E-state index contributed by atoms with van der Waals surface area (Å²) in [6.07, 6.45) is 2.19. The Kier molecular flexibility index (Phi) is 6.16. The lowest BCUT2D eigenvalue weighted by atomic mass is 10.0. The summed E-state index contributed by atoms with van der Waals surface area (Å²) in [7, 11) is 4.35. The molecule has 1 heterocycles. The van der Waals surface area contributed by atoms with Crippen molar-refractivity contribution >= 4 is 5.69 Å². The number of hydrogen-bond acceptors (Lipinski definition) is 3. The highest BCUT2D eigenvalue weighted by Gasteiger charge is 2.23. The van der Waals surface area contributed by atoms with Crippen LogP contribution >= 0.6 is 0 Å². The highest BCUT2D eigenvalue weighted by atomic mass is 16.5. The number of anilines is 1. The first-order valence-corrected chi connectivity index (χ1v) is 10.4. The maximum atomic E-state index is 5.89. The molecule has 0 bridgehead atoms. The van der Waals surface area contributed by atoms with Gasteiger partial charge in [0, 0.05) is 24.8 Å². The normalized spacial score (nSPS) is 16.4. The standard InChI is InChI=1S/C26H30N2O/c1-27(2)25-16-17-28(19-25)24-12-8-21(9-13-24)18-22-10-14-26(15-11-22)29-20-23-6-4-3-5-7-23/h3-15,25H,16-20H2,1-2H3. The van der Waals surface area contributed by atoms with Crippen molar-refractivity contribution < 1.29 is 4.74 Å². The summed E-state index contributed by atoms with van der Waals surface area (Å²) in [6.45, 7) is 2.87. The number of nitrogens with zero attached hydrogens (tertiary/aromatic N) is 2. The molecule has 3 nitrogen and oxygen atoms in total. The van der Waals surface area contributed by atoms with Gasteiger partial charge in [-0.15, -0.1) is 0 Å². The molecule has 29 heavy (non-hydrogen) atoms. The molecular formula is C26H30N2O. The van der Waals surface area contributed by atoms with E-state index in [0.717, 1.165) is 25.3 Å². The topological polar surface area (TPSA) is 15.7 Å². The molecule has 4 rings (SSSR count). The van der Waals surface area contributed by atoms with Gasteiger partial charge in [-0.3, -0.25) is 0 Å². The van der Waals surface area contributed by atoms with E-state index in [2.05, 4.69) is 84.6 Å². The zero-order chi connectivity index (χ0) is 20.1. The number of likely N-dealkylation sites (N-methyl/N-ethyl adjacent to an activating group) is 1. The van der Waals surface area contributed by atoms with Gasteiger partial charge in [0.15, 0.2) is 0 Å². The van der Waals surface area contributed by atoms with Gasteiger partial charge in [-0.1, -0.05) is 54.6 Å². The second kappa shape index (κ2) is 9.15. The summed E-state index contributed by atoms with van der Waals surface area (Å²) in [4.78, 5) is 4.83. The predicted molar refractivity (Wildman–Crippen MR) is 121 cm³/mol. The van der Waals surface area contributed by atoms with Crippen LogP contribution < -0.4 is 9.64 Å². The summed E-state index contributed by atoms with van der Waals surface area (Å²) in [5, 5.41) is 0. The van der Waals surface area contributed by atoms with Crippen LogP contribution in [0.5, 0.6) is 5.75 Å². The van der Waals surface area contributed by atoms with Gasteiger partial charge in [0.1, 0.15) is 12.4 Å². The van der Waals surface area contributed by atoms with Crippen LogP contribution in [0.2, 0.25) is 0 Å². The molecule has 1 saturated heterocycles. The van der Waals surface area contributed by atoms with Crippen molar-refractivity contribution in [1.82, 2.24) is 4.90 Å². The van der Waals surface area contributed by atoms with Crippen LogP contribution in [-0.2, 0) is 13.0 Å². The Labute approximate surface area is 174 Å². The SMILES string of the molecule is CN(C)C1CCN(c2ccc(Cc3ccc(OCc4ccccc4)cc3)cc2)C1. The fraction of sp³-hybridized carbons (Fsp3) is 0.308. The molecule has 0 N–H and O–H groups in total. The second-order valence-corrected chi connectivity index (χ2v) is 8.11. The maximum absolute atomic E-state index is 5.89. The van der Waals surface area contributed by atoms with E-state index < -0.39 is 0 Å². The lowest BCUT2D eigenvalue weighted by Gasteiger charge is -2.22. The largest absolute Gasteiger partial charge is 0.489 e. The summed E-state index contributed by atoms with van der Waals surface area (Å²) < 4.78 is 5.89. The minimum absolute atomic E-state index is 0.604. The molecule has 0 radical (unpaired) electrons. The number of benzene rings is 3. The second-order valence-electron chi connectivity index (χ2n) is 8.11. The summed E-state index contributed by atoms with van der Waals surface area (Å²) in [6, 6.07) is 28.5. The van der Waals surface area contributed by atoms with Crippen LogP contribution in [0.3, 0.4) is 0 Å². The number of rotatable bonds is 7. The molecule has 3 aromatic carbocycles. The lowest BCUT2D eigenvalue weighted by Crippen LogP contribution is -2.31. The van der Waals surface area contributed by atoms with Gasteiger partial charge in [-0.25, -0.2) is 0 Å². The molecule has 3 aromatic rings. The Bertz CT molecular complexity index is 888. The van der Waals surface area contributed by atoms with Crippen molar-refractivity contribution in [2.24, 2.45) is 0 Å². The van der Waals surface area contributed by atoms with E-state index in [9.17, 15) is 0 Å². The van der Waals surface area contributed by atoms with Crippen LogP contribution in [0.25, 0.3) is 0 Å². The third kappa shape index (κ3) is 5.18. The molecule has 0 aromatic heterocycles. The van der Waals surface area contributed by atoms with Crippen molar-refractivity contribution in [3.8, 4) is 5.75 Å². The third-order valence-electron chi connectivity index (χ3n) is 5.78. The molecule has 1 aliphatic heterocycles. The summed E-state index contributed by atoms with van der Waals surface area (Å²) in [5.74, 6) is 0.914. The zero-order valence-electron chi connectivity index (χ0n) is 17.4. The van der Waals surface area contributed by atoms with Crippen molar-refractivity contribution in [2.75, 3.05) is 32.1 Å².